The Morgan fingerprint density at radius 2 is 1.17 bits per heavy atom. The topological polar surface area (TPSA) is 146 Å². The lowest BCUT2D eigenvalue weighted by Crippen LogP contribution is -2.60. The first-order chi connectivity index (χ1) is 16.4. The minimum absolute atomic E-state index is 0.0948. The summed E-state index contributed by atoms with van der Waals surface area (Å²) in [4.78, 5) is 66.0. The molecule has 0 aliphatic carbocycles. The van der Waals surface area contributed by atoms with Crippen molar-refractivity contribution in [3.63, 3.8) is 0 Å². The third-order valence-corrected chi connectivity index (χ3v) is 8.62. The predicted octanol–water partition coefficient (Wildman–Crippen LogP) is 0.567. The largest absolute Gasteiger partial charge is 0.342 e. The fraction of sp³-hybridized carbons (Fsp3) is 0.783. The molecular formula is C23H39N5O5S2. The maximum absolute atomic E-state index is 13.3. The Morgan fingerprint density at radius 3 is 1.66 bits per heavy atom. The van der Waals surface area contributed by atoms with Gasteiger partial charge in [-0.05, 0) is 24.2 Å². The van der Waals surface area contributed by atoms with Crippen molar-refractivity contribution in [1.82, 2.24) is 26.6 Å². The Labute approximate surface area is 215 Å². The summed E-state index contributed by atoms with van der Waals surface area (Å²) in [7, 11) is 2.67. The summed E-state index contributed by atoms with van der Waals surface area (Å²) in [6.45, 7) is 11.2. The molecule has 35 heavy (non-hydrogen) atoms. The molecular weight excluding hydrogens is 490 g/mol. The van der Waals surface area contributed by atoms with Gasteiger partial charge in [-0.25, -0.2) is 0 Å². The molecule has 198 valence electrons. The van der Waals surface area contributed by atoms with E-state index in [-0.39, 0.29) is 29.3 Å². The van der Waals surface area contributed by atoms with E-state index >= 15 is 0 Å². The van der Waals surface area contributed by atoms with Gasteiger partial charge in [-0.2, -0.15) is 0 Å². The molecule has 0 aromatic rings. The summed E-state index contributed by atoms with van der Waals surface area (Å²) in [5.41, 5.74) is 0. The number of hydrogen-bond donors (Lipinski definition) is 5. The SMILES string of the molecule is CCC(C)C1NC(=O)C(CC(C)C)NC(=O)C2CSSCC(NC1=O)C(=O)NC(C(C)C)C(=O)N2. The maximum Gasteiger partial charge on any atom is 0.244 e. The second-order valence-corrected chi connectivity index (χ2v) is 12.5. The van der Waals surface area contributed by atoms with Gasteiger partial charge in [0.1, 0.15) is 30.2 Å². The summed E-state index contributed by atoms with van der Waals surface area (Å²) >= 11 is 0. The van der Waals surface area contributed by atoms with Gasteiger partial charge in [0, 0.05) is 11.5 Å². The highest BCUT2D eigenvalue weighted by atomic mass is 33.1. The third kappa shape index (κ3) is 8.30. The van der Waals surface area contributed by atoms with Gasteiger partial charge in [0.2, 0.25) is 29.5 Å². The Balaban J connectivity index is 2.54. The Kier molecular flexibility index (Phi) is 11.2. The van der Waals surface area contributed by atoms with Crippen LogP contribution in [0.4, 0.5) is 0 Å². The van der Waals surface area contributed by atoms with E-state index < -0.39 is 59.7 Å². The van der Waals surface area contributed by atoms with Gasteiger partial charge < -0.3 is 26.6 Å². The third-order valence-electron chi connectivity index (χ3n) is 6.20. The van der Waals surface area contributed by atoms with Crippen LogP contribution in [0.15, 0.2) is 0 Å². The zero-order valence-electron chi connectivity index (χ0n) is 21.3. The number of carbonyl (C=O) groups is 5. The zero-order valence-corrected chi connectivity index (χ0v) is 22.9. The summed E-state index contributed by atoms with van der Waals surface area (Å²) in [5, 5.41) is 13.9. The second kappa shape index (κ2) is 13.4. The molecule has 0 radical (unpaired) electrons. The van der Waals surface area contributed by atoms with E-state index in [9.17, 15) is 24.0 Å². The molecule has 6 atom stereocenters. The van der Waals surface area contributed by atoms with Crippen molar-refractivity contribution in [3.05, 3.63) is 0 Å². The molecule has 5 amide bonds. The summed E-state index contributed by atoms with van der Waals surface area (Å²) < 4.78 is 0. The van der Waals surface area contributed by atoms with Gasteiger partial charge >= 0.3 is 0 Å². The molecule has 0 saturated carbocycles. The van der Waals surface area contributed by atoms with Crippen molar-refractivity contribution in [2.75, 3.05) is 11.5 Å². The first kappa shape index (κ1) is 29.3. The summed E-state index contributed by atoms with van der Waals surface area (Å²) in [6.07, 6.45) is 0.989. The van der Waals surface area contributed by atoms with Gasteiger partial charge in [0.15, 0.2) is 0 Å². The Morgan fingerprint density at radius 1 is 0.686 bits per heavy atom. The molecule has 2 heterocycles. The molecule has 0 aromatic carbocycles. The average molecular weight is 530 g/mol. The molecule has 5 N–H and O–H groups in total. The van der Waals surface area contributed by atoms with E-state index in [0.29, 0.717) is 12.8 Å². The number of nitrogens with one attached hydrogen (secondary N) is 5. The monoisotopic (exact) mass is 529 g/mol. The average Bonchev–Trinajstić information content (AvgIpc) is 2.81. The van der Waals surface area contributed by atoms with Gasteiger partial charge in [-0.1, -0.05) is 69.6 Å². The number of hydrogen-bond acceptors (Lipinski definition) is 7. The zero-order chi connectivity index (χ0) is 26.3. The van der Waals surface area contributed by atoms with Crippen molar-refractivity contribution in [3.8, 4) is 0 Å². The van der Waals surface area contributed by atoms with Gasteiger partial charge in [0.25, 0.3) is 0 Å². The molecule has 2 aliphatic heterocycles. The lowest BCUT2D eigenvalue weighted by atomic mass is 9.96. The van der Waals surface area contributed by atoms with Gasteiger partial charge in [-0.15, -0.1) is 0 Å². The van der Waals surface area contributed by atoms with E-state index in [1.54, 1.807) is 13.8 Å². The molecule has 10 nitrogen and oxygen atoms in total. The van der Waals surface area contributed by atoms with E-state index in [1.807, 2.05) is 27.7 Å². The quantitative estimate of drug-likeness (QED) is 0.327. The van der Waals surface area contributed by atoms with Gasteiger partial charge in [0.05, 0.1) is 0 Å². The highest BCUT2D eigenvalue weighted by Gasteiger charge is 2.37. The van der Waals surface area contributed by atoms with Crippen LogP contribution < -0.4 is 26.6 Å². The maximum atomic E-state index is 13.3. The highest BCUT2D eigenvalue weighted by molar-refractivity contribution is 8.76. The van der Waals surface area contributed by atoms with Gasteiger partial charge in [-0.3, -0.25) is 24.0 Å². The van der Waals surface area contributed by atoms with E-state index in [1.165, 1.54) is 21.6 Å². The molecule has 0 spiro atoms. The smallest absolute Gasteiger partial charge is 0.244 e. The van der Waals surface area contributed by atoms with E-state index in [4.69, 9.17) is 0 Å². The number of carbonyl (C=O) groups excluding carboxylic acids is 5. The van der Waals surface area contributed by atoms with Crippen LogP contribution in [-0.2, 0) is 24.0 Å². The van der Waals surface area contributed by atoms with E-state index in [0.717, 1.165) is 0 Å². The highest BCUT2D eigenvalue weighted by Crippen LogP contribution is 2.24. The van der Waals surface area contributed by atoms with Crippen LogP contribution in [0, 0.1) is 17.8 Å². The molecule has 2 bridgehead atoms. The number of fused-ring (bicyclic) bond motifs is 5. The molecule has 12 heteroatoms. The predicted molar refractivity (Wildman–Crippen MR) is 138 cm³/mol. The van der Waals surface area contributed by atoms with Crippen LogP contribution in [0.25, 0.3) is 0 Å². The normalized spacial score (nSPS) is 30.2. The van der Waals surface area contributed by atoms with Crippen LogP contribution in [0.2, 0.25) is 0 Å². The van der Waals surface area contributed by atoms with E-state index in [2.05, 4.69) is 26.6 Å². The number of rotatable bonds is 5. The molecule has 2 saturated heterocycles. The summed E-state index contributed by atoms with van der Waals surface area (Å²) in [6, 6.07) is -4.43. The minimum Gasteiger partial charge on any atom is -0.342 e. The lowest BCUT2D eigenvalue weighted by molar-refractivity contribution is -0.134. The molecule has 2 aliphatic rings. The number of amides is 5. The molecule has 2 rings (SSSR count). The Bertz CT molecular complexity index is 809. The van der Waals surface area contributed by atoms with Crippen molar-refractivity contribution >= 4 is 51.1 Å². The first-order valence-electron chi connectivity index (χ1n) is 12.2. The Hall–Kier alpha value is -1.95. The van der Waals surface area contributed by atoms with Crippen molar-refractivity contribution in [1.29, 1.82) is 0 Å². The van der Waals surface area contributed by atoms with Crippen LogP contribution in [0.1, 0.15) is 54.4 Å². The molecule has 2 fully saturated rings. The summed E-state index contributed by atoms with van der Waals surface area (Å²) in [5.74, 6) is -2.25. The van der Waals surface area contributed by atoms with Crippen LogP contribution in [0.5, 0.6) is 0 Å². The molecule has 6 unspecified atom stereocenters. The standard InChI is InChI=1S/C23H39N5O5S2/c1-7-13(6)18-23(33)26-16-10-35-34-9-15(25-22(32)17(12(4)5)27-21(16)31)20(30)24-14(8-11(2)3)19(29)28-18/h11-18H,7-10H2,1-6H3,(H,24,30)(H,25,32)(H,26,33)(H,27,31)(H,28,29). The lowest BCUT2D eigenvalue weighted by Gasteiger charge is -2.29. The fourth-order valence-corrected chi connectivity index (χ4v) is 6.17. The van der Waals surface area contributed by atoms with Crippen LogP contribution in [-0.4, -0.2) is 71.3 Å². The molecule has 0 aromatic heterocycles. The first-order valence-corrected chi connectivity index (χ1v) is 14.7. The van der Waals surface area contributed by atoms with Crippen LogP contribution in [0.3, 0.4) is 0 Å². The second-order valence-electron chi connectivity index (χ2n) is 9.98. The van der Waals surface area contributed by atoms with Crippen molar-refractivity contribution in [2.24, 2.45) is 17.8 Å². The van der Waals surface area contributed by atoms with Crippen molar-refractivity contribution in [2.45, 2.75) is 84.6 Å². The van der Waals surface area contributed by atoms with Crippen molar-refractivity contribution < 1.29 is 24.0 Å². The fourth-order valence-electron chi connectivity index (χ4n) is 3.84. The minimum atomic E-state index is -0.905. The van der Waals surface area contributed by atoms with Crippen LogP contribution >= 0.6 is 21.6 Å².